The maximum absolute atomic E-state index is 12.8. The van der Waals surface area contributed by atoms with Crippen molar-refractivity contribution in [3.8, 4) is 0 Å². The molecule has 3 rings (SSSR count). The van der Waals surface area contributed by atoms with Gasteiger partial charge < -0.3 is 29.2 Å². The maximum Gasteiger partial charge on any atom is 0.377 e. The van der Waals surface area contributed by atoms with Gasteiger partial charge in [0.1, 0.15) is 6.10 Å². The number of aliphatic hydroxyl groups is 2. The van der Waals surface area contributed by atoms with E-state index in [9.17, 15) is 24.6 Å². The van der Waals surface area contributed by atoms with Crippen molar-refractivity contribution in [3.05, 3.63) is 34.3 Å². The van der Waals surface area contributed by atoms with E-state index in [2.05, 4.69) is 0 Å². The molecule has 2 aliphatic heterocycles. The third kappa shape index (κ3) is 3.99. The van der Waals surface area contributed by atoms with E-state index in [0.717, 1.165) is 11.1 Å². The number of esters is 2. The van der Waals surface area contributed by atoms with Crippen LogP contribution in [0.25, 0.3) is 0 Å². The third-order valence-corrected chi connectivity index (χ3v) is 5.36. The SMILES string of the molecule is CC(C)=CC1=C(C)C(=O)C(OC(=O)C2OC[C@@H]([C@H]3OC(=O)C(O)=C3O)O2)CC1(C)C. The number of allylic oxidation sites excluding steroid dienone is 3. The lowest BCUT2D eigenvalue weighted by Gasteiger charge is -2.36. The van der Waals surface area contributed by atoms with Crippen LogP contribution in [0.15, 0.2) is 34.3 Å². The Morgan fingerprint density at radius 1 is 1.23 bits per heavy atom. The molecule has 0 radical (unpaired) electrons. The molecule has 3 aliphatic rings. The normalized spacial score (nSPS) is 31.1. The number of cyclic esters (lactones) is 1. The summed E-state index contributed by atoms with van der Waals surface area (Å²) in [4.78, 5) is 36.6. The molecule has 1 aliphatic carbocycles. The number of hydrogen-bond donors (Lipinski definition) is 2. The largest absolute Gasteiger partial charge is 0.505 e. The van der Waals surface area contributed by atoms with Crippen LogP contribution >= 0.6 is 0 Å². The standard InChI is InChI=1S/C21H26O9/c1-9(2)6-11-10(3)14(22)12(7-21(11,4)5)28-19(26)20-27-8-13(29-20)17-15(23)16(24)18(25)30-17/h6,12-13,17,20,23-24H,7-8H2,1-5H3/t12?,13-,17+,20?/m0/s1. The van der Waals surface area contributed by atoms with Crippen LogP contribution in [0.4, 0.5) is 0 Å². The lowest BCUT2D eigenvalue weighted by Crippen LogP contribution is -2.41. The molecule has 1 fully saturated rings. The van der Waals surface area contributed by atoms with Gasteiger partial charge in [-0.1, -0.05) is 25.5 Å². The number of carbonyl (C=O) groups is 3. The number of hydrogen-bond acceptors (Lipinski definition) is 9. The molecule has 0 spiro atoms. The first-order valence-corrected chi connectivity index (χ1v) is 9.63. The molecule has 2 unspecified atom stereocenters. The van der Waals surface area contributed by atoms with E-state index in [1.54, 1.807) is 6.92 Å². The Morgan fingerprint density at radius 2 is 1.90 bits per heavy atom. The van der Waals surface area contributed by atoms with Crippen LogP contribution in [0.3, 0.4) is 0 Å². The van der Waals surface area contributed by atoms with Crippen LogP contribution in [0.2, 0.25) is 0 Å². The van der Waals surface area contributed by atoms with E-state index in [-0.39, 0.29) is 17.8 Å². The lowest BCUT2D eigenvalue weighted by atomic mass is 9.70. The molecule has 4 atom stereocenters. The van der Waals surface area contributed by atoms with Gasteiger partial charge in [0.05, 0.1) is 6.61 Å². The summed E-state index contributed by atoms with van der Waals surface area (Å²) in [5, 5.41) is 19.1. The zero-order valence-corrected chi connectivity index (χ0v) is 17.6. The average Bonchev–Trinajstić information content (AvgIpc) is 3.24. The molecule has 0 aromatic rings. The first kappa shape index (κ1) is 22.0. The molecule has 2 heterocycles. The number of Topliss-reactive ketones (excluding diaryl/α,β-unsaturated/α-hetero) is 1. The Hall–Kier alpha value is -2.65. The van der Waals surface area contributed by atoms with E-state index < -0.39 is 48.1 Å². The van der Waals surface area contributed by atoms with Crippen LogP contribution in [-0.4, -0.2) is 59.1 Å². The second-order valence-corrected chi connectivity index (χ2v) is 8.54. The Kier molecular flexibility index (Phi) is 5.79. The average molecular weight is 422 g/mol. The smallest absolute Gasteiger partial charge is 0.377 e. The van der Waals surface area contributed by atoms with Gasteiger partial charge in [-0.15, -0.1) is 0 Å². The van der Waals surface area contributed by atoms with Gasteiger partial charge in [-0.3, -0.25) is 4.79 Å². The van der Waals surface area contributed by atoms with Gasteiger partial charge in [0, 0.05) is 6.42 Å². The van der Waals surface area contributed by atoms with Gasteiger partial charge in [0.25, 0.3) is 6.29 Å². The monoisotopic (exact) mass is 422 g/mol. The fraction of sp³-hybridized carbons (Fsp3) is 0.571. The van der Waals surface area contributed by atoms with Crippen LogP contribution in [-0.2, 0) is 33.3 Å². The van der Waals surface area contributed by atoms with Crippen molar-refractivity contribution in [2.24, 2.45) is 5.41 Å². The number of ether oxygens (including phenoxy) is 4. The molecular weight excluding hydrogens is 396 g/mol. The number of carbonyl (C=O) groups excluding carboxylic acids is 3. The highest BCUT2D eigenvalue weighted by molar-refractivity contribution is 6.01. The number of aliphatic hydroxyl groups excluding tert-OH is 2. The minimum Gasteiger partial charge on any atom is -0.505 e. The summed E-state index contributed by atoms with van der Waals surface area (Å²) in [7, 11) is 0. The summed E-state index contributed by atoms with van der Waals surface area (Å²) in [6.07, 6.45) is -2.42. The summed E-state index contributed by atoms with van der Waals surface area (Å²) in [6, 6.07) is 0. The van der Waals surface area contributed by atoms with Crippen molar-refractivity contribution in [2.75, 3.05) is 6.61 Å². The fourth-order valence-electron chi connectivity index (χ4n) is 3.85. The first-order chi connectivity index (χ1) is 13.9. The molecule has 0 aromatic heterocycles. The molecule has 0 bridgehead atoms. The first-order valence-electron chi connectivity index (χ1n) is 9.63. The minimum atomic E-state index is -1.44. The van der Waals surface area contributed by atoms with Gasteiger partial charge in [-0.2, -0.15) is 0 Å². The summed E-state index contributed by atoms with van der Waals surface area (Å²) in [5.41, 5.74) is 2.14. The molecule has 164 valence electrons. The lowest BCUT2D eigenvalue weighted by molar-refractivity contribution is -0.184. The predicted octanol–water partition coefficient (Wildman–Crippen LogP) is 2.17. The van der Waals surface area contributed by atoms with E-state index in [4.69, 9.17) is 18.9 Å². The second-order valence-electron chi connectivity index (χ2n) is 8.54. The van der Waals surface area contributed by atoms with Crippen molar-refractivity contribution in [1.29, 1.82) is 0 Å². The van der Waals surface area contributed by atoms with Gasteiger partial charge in [0.15, 0.2) is 23.8 Å². The molecule has 30 heavy (non-hydrogen) atoms. The van der Waals surface area contributed by atoms with E-state index >= 15 is 0 Å². The van der Waals surface area contributed by atoms with Crippen molar-refractivity contribution in [1.82, 2.24) is 0 Å². The quantitative estimate of drug-likeness (QED) is 0.655. The summed E-state index contributed by atoms with van der Waals surface area (Å²) in [6.45, 7) is 9.40. The molecule has 9 nitrogen and oxygen atoms in total. The van der Waals surface area contributed by atoms with Gasteiger partial charge >= 0.3 is 11.9 Å². The van der Waals surface area contributed by atoms with E-state index in [0.29, 0.717) is 12.0 Å². The zero-order valence-electron chi connectivity index (χ0n) is 17.6. The molecule has 9 heteroatoms. The molecule has 0 aromatic carbocycles. The minimum absolute atomic E-state index is 0.178. The van der Waals surface area contributed by atoms with Crippen molar-refractivity contribution in [3.63, 3.8) is 0 Å². The Labute approximate surface area is 173 Å². The van der Waals surface area contributed by atoms with Gasteiger partial charge in [-0.25, -0.2) is 9.59 Å². The molecule has 1 saturated heterocycles. The second kappa shape index (κ2) is 7.88. The van der Waals surface area contributed by atoms with Crippen LogP contribution in [0.5, 0.6) is 0 Å². The van der Waals surface area contributed by atoms with Crippen LogP contribution in [0, 0.1) is 5.41 Å². The molecule has 2 N–H and O–H groups in total. The van der Waals surface area contributed by atoms with Crippen LogP contribution < -0.4 is 0 Å². The highest BCUT2D eigenvalue weighted by Crippen LogP contribution is 2.41. The molecule has 0 saturated carbocycles. The zero-order chi connectivity index (χ0) is 22.4. The van der Waals surface area contributed by atoms with E-state index in [1.165, 1.54) is 0 Å². The molecule has 0 amide bonds. The molecular formula is C21H26O9. The summed E-state index contributed by atoms with van der Waals surface area (Å²) < 4.78 is 20.9. The highest BCUT2D eigenvalue weighted by atomic mass is 16.8. The highest BCUT2D eigenvalue weighted by Gasteiger charge is 2.47. The van der Waals surface area contributed by atoms with Crippen molar-refractivity contribution >= 4 is 17.7 Å². The summed E-state index contributed by atoms with van der Waals surface area (Å²) >= 11 is 0. The maximum atomic E-state index is 12.8. The topological polar surface area (TPSA) is 129 Å². The van der Waals surface area contributed by atoms with Crippen LogP contribution in [0.1, 0.15) is 41.0 Å². The third-order valence-electron chi connectivity index (χ3n) is 5.36. The van der Waals surface area contributed by atoms with Gasteiger partial charge in [-0.05, 0) is 37.3 Å². The number of ketones is 1. The van der Waals surface area contributed by atoms with E-state index in [1.807, 2.05) is 33.8 Å². The van der Waals surface area contributed by atoms with Crippen molar-refractivity contribution < 1.29 is 43.5 Å². The number of rotatable bonds is 4. The van der Waals surface area contributed by atoms with Crippen molar-refractivity contribution in [2.45, 2.75) is 65.6 Å². The predicted molar refractivity (Wildman–Crippen MR) is 102 cm³/mol. The Balaban J connectivity index is 1.67. The summed E-state index contributed by atoms with van der Waals surface area (Å²) in [5.74, 6) is -3.84. The van der Waals surface area contributed by atoms with Gasteiger partial charge in [0.2, 0.25) is 5.76 Å². The fourth-order valence-corrected chi connectivity index (χ4v) is 3.85. The Morgan fingerprint density at radius 3 is 2.47 bits per heavy atom. The Bertz CT molecular complexity index is 873.